The topological polar surface area (TPSA) is 55.6 Å². The number of carbonyl (C=O) groups is 1. The van der Waals surface area contributed by atoms with Crippen molar-refractivity contribution >= 4 is 11.8 Å². The maximum Gasteiger partial charge on any atom is 0.414 e. The molecule has 1 aromatic rings. The van der Waals surface area contributed by atoms with Gasteiger partial charge in [0.25, 0.3) is 0 Å². The van der Waals surface area contributed by atoms with E-state index in [9.17, 15) is 9.18 Å². The van der Waals surface area contributed by atoms with Crippen LogP contribution in [-0.2, 0) is 4.74 Å². The van der Waals surface area contributed by atoms with Crippen molar-refractivity contribution in [3.63, 3.8) is 0 Å². The van der Waals surface area contributed by atoms with Crippen molar-refractivity contribution in [2.24, 2.45) is 5.73 Å². The predicted octanol–water partition coefficient (Wildman–Crippen LogP) is 2.53. The van der Waals surface area contributed by atoms with E-state index in [1.807, 2.05) is 0 Å². The Hall–Kier alpha value is -1.62. The summed E-state index contributed by atoms with van der Waals surface area (Å²) in [5, 5.41) is 0. The van der Waals surface area contributed by atoms with Crippen molar-refractivity contribution < 1.29 is 13.9 Å². The molecule has 1 rings (SSSR count). The van der Waals surface area contributed by atoms with Gasteiger partial charge in [-0.25, -0.2) is 9.18 Å². The highest BCUT2D eigenvalue weighted by Gasteiger charge is 2.20. The Morgan fingerprint density at radius 2 is 2.11 bits per heavy atom. The molecule has 0 spiro atoms. The van der Waals surface area contributed by atoms with Gasteiger partial charge in [0.1, 0.15) is 5.82 Å². The maximum absolute atomic E-state index is 13.7. The van der Waals surface area contributed by atoms with Gasteiger partial charge in [0.05, 0.1) is 11.8 Å². The van der Waals surface area contributed by atoms with Crippen LogP contribution in [0.4, 0.5) is 14.9 Å². The van der Waals surface area contributed by atoms with Gasteiger partial charge in [-0.15, -0.1) is 0 Å². The minimum absolute atomic E-state index is 0.219. The minimum atomic E-state index is -0.552. The summed E-state index contributed by atoms with van der Waals surface area (Å²) in [6, 6.07) is 6.12. The first-order chi connectivity index (χ1) is 8.56. The molecule has 0 aliphatic rings. The second-order valence-corrected chi connectivity index (χ2v) is 4.18. The lowest BCUT2D eigenvalue weighted by atomic mass is 10.2. The molecule has 1 aromatic carbocycles. The molecule has 0 atom stereocenters. The van der Waals surface area contributed by atoms with Crippen LogP contribution in [0.15, 0.2) is 24.3 Å². The van der Waals surface area contributed by atoms with Gasteiger partial charge in [-0.05, 0) is 38.9 Å². The van der Waals surface area contributed by atoms with Gasteiger partial charge >= 0.3 is 6.09 Å². The zero-order chi connectivity index (χ0) is 13.5. The van der Waals surface area contributed by atoms with Crippen molar-refractivity contribution in [1.29, 1.82) is 0 Å². The highest BCUT2D eigenvalue weighted by molar-refractivity contribution is 5.87. The molecule has 0 aliphatic carbocycles. The van der Waals surface area contributed by atoms with Crippen LogP contribution in [0.2, 0.25) is 0 Å². The zero-order valence-corrected chi connectivity index (χ0v) is 10.7. The zero-order valence-electron chi connectivity index (χ0n) is 10.7. The molecular formula is C13H19FN2O2. The summed E-state index contributed by atoms with van der Waals surface area (Å²) in [5.74, 6) is -0.449. The van der Waals surface area contributed by atoms with Gasteiger partial charge in [0.2, 0.25) is 0 Å². The summed E-state index contributed by atoms with van der Waals surface area (Å²) in [7, 11) is 0. The predicted molar refractivity (Wildman–Crippen MR) is 69.0 cm³/mol. The highest BCUT2D eigenvalue weighted by Crippen LogP contribution is 2.20. The molecule has 2 N–H and O–H groups in total. The fraction of sp³-hybridized carbons (Fsp3) is 0.462. The van der Waals surface area contributed by atoms with E-state index < -0.39 is 11.9 Å². The number of carbonyl (C=O) groups excluding carboxylic acids is 1. The summed E-state index contributed by atoms with van der Waals surface area (Å²) in [6.07, 6.45) is -0.213. The van der Waals surface area contributed by atoms with Crippen LogP contribution >= 0.6 is 0 Å². The van der Waals surface area contributed by atoms with Gasteiger partial charge in [0.15, 0.2) is 0 Å². The Morgan fingerprint density at radius 1 is 1.44 bits per heavy atom. The number of nitrogens with two attached hydrogens (primary N) is 1. The van der Waals surface area contributed by atoms with Crippen molar-refractivity contribution in [2.45, 2.75) is 26.4 Å². The molecule has 18 heavy (non-hydrogen) atoms. The number of halogens is 1. The Balaban J connectivity index is 2.90. The van der Waals surface area contributed by atoms with Crippen molar-refractivity contribution in [2.75, 3.05) is 18.0 Å². The van der Waals surface area contributed by atoms with E-state index in [1.54, 1.807) is 32.0 Å². The SMILES string of the molecule is CC(C)OC(=O)N(CCCN)c1ccccc1F. The average Bonchev–Trinajstić information content (AvgIpc) is 2.31. The van der Waals surface area contributed by atoms with Crippen molar-refractivity contribution in [3.05, 3.63) is 30.1 Å². The van der Waals surface area contributed by atoms with E-state index in [0.717, 1.165) is 0 Å². The smallest absolute Gasteiger partial charge is 0.414 e. The highest BCUT2D eigenvalue weighted by atomic mass is 19.1. The van der Waals surface area contributed by atoms with Gasteiger partial charge in [0, 0.05) is 6.54 Å². The molecule has 5 heteroatoms. The number of nitrogens with zero attached hydrogens (tertiary/aromatic N) is 1. The molecule has 0 heterocycles. The first kappa shape index (κ1) is 14.4. The van der Waals surface area contributed by atoms with E-state index in [1.165, 1.54) is 11.0 Å². The van der Waals surface area contributed by atoms with Crippen LogP contribution in [0, 0.1) is 5.82 Å². The van der Waals surface area contributed by atoms with Crippen LogP contribution in [0.25, 0.3) is 0 Å². The van der Waals surface area contributed by atoms with E-state index in [4.69, 9.17) is 10.5 Å². The molecule has 0 saturated heterocycles. The molecule has 0 fully saturated rings. The summed E-state index contributed by atoms with van der Waals surface area (Å²) in [6.45, 7) is 4.27. The molecule has 1 amide bonds. The third kappa shape index (κ3) is 4.00. The molecule has 0 aliphatic heterocycles. The van der Waals surface area contributed by atoms with Crippen LogP contribution in [0.1, 0.15) is 20.3 Å². The third-order valence-electron chi connectivity index (χ3n) is 2.29. The summed E-state index contributed by atoms with van der Waals surface area (Å²) in [4.78, 5) is 13.2. The normalized spacial score (nSPS) is 10.5. The van der Waals surface area contributed by atoms with Gasteiger partial charge in [-0.1, -0.05) is 12.1 Å². The van der Waals surface area contributed by atoms with E-state index in [0.29, 0.717) is 19.5 Å². The minimum Gasteiger partial charge on any atom is -0.446 e. The van der Waals surface area contributed by atoms with Gasteiger partial charge < -0.3 is 10.5 Å². The molecule has 0 aromatic heterocycles. The quantitative estimate of drug-likeness (QED) is 0.878. The molecule has 100 valence electrons. The van der Waals surface area contributed by atoms with Crippen molar-refractivity contribution in [3.8, 4) is 0 Å². The standard InChI is InChI=1S/C13H19FN2O2/c1-10(2)18-13(17)16(9-5-8-15)12-7-4-3-6-11(12)14/h3-4,6-7,10H,5,8-9,15H2,1-2H3. The number of hydrogen-bond donors (Lipinski definition) is 1. The monoisotopic (exact) mass is 254 g/mol. The van der Waals surface area contributed by atoms with Gasteiger partial charge in [-0.2, -0.15) is 0 Å². The third-order valence-corrected chi connectivity index (χ3v) is 2.29. The first-order valence-corrected chi connectivity index (χ1v) is 5.99. The molecule has 0 unspecified atom stereocenters. The molecule has 4 nitrogen and oxygen atoms in total. The van der Waals surface area contributed by atoms with E-state index in [-0.39, 0.29) is 11.8 Å². The lowest BCUT2D eigenvalue weighted by Gasteiger charge is -2.23. The molecule has 0 radical (unpaired) electrons. The summed E-state index contributed by atoms with van der Waals surface area (Å²) >= 11 is 0. The number of hydrogen-bond acceptors (Lipinski definition) is 3. The fourth-order valence-corrected chi connectivity index (χ4v) is 1.50. The number of rotatable bonds is 5. The largest absolute Gasteiger partial charge is 0.446 e. The van der Waals surface area contributed by atoms with Crippen LogP contribution < -0.4 is 10.6 Å². The molecule has 0 saturated carbocycles. The Kier molecular flexibility index (Phi) is 5.58. The Labute approximate surface area is 107 Å². The van der Waals surface area contributed by atoms with Crippen LogP contribution in [-0.4, -0.2) is 25.3 Å². The summed E-state index contributed by atoms with van der Waals surface area (Å²) in [5.41, 5.74) is 5.64. The lowest BCUT2D eigenvalue weighted by molar-refractivity contribution is 0.122. The summed E-state index contributed by atoms with van der Waals surface area (Å²) < 4.78 is 18.8. The number of amides is 1. The average molecular weight is 254 g/mol. The second kappa shape index (κ2) is 6.96. The first-order valence-electron chi connectivity index (χ1n) is 5.99. The van der Waals surface area contributed by atoms with Gasteiger partial charge in [-0.3, -0.25) is 4.90 Å². The molecular weight excluding hydrogens is 235 g/mol. The maximum atomic E-state index is 13.7. The Morgan fingerprint density at radius 3 is 2.67 bits per heavy atom. The number of anilines is 1. The number of benzene rings is 1. The lowest BCUT2D eigenvalue weighted by Crippen LogP contribution is -2.35. The number of para-hydroxylation sites is 1. The van der Waals surface area contributed by atoms with E-state index in [2.05, 4.69) is 0 Å². The van der Waals surface area contributed by atoms with Crippen molar-refractivity contribution in [1.82, 2.24) is 0 Å². The Bertz CT molecular complexity index is 396. The fourth-order valence-electron chi connectivity index (χ4n) is 1.50. The van der Waals surface area contributed by atoms with Crippen LogP contribution in [0.3, 0.4) is 0 Å². The van der Waals surface area contributed by atoms with E-state index >= 15 is 0 Å². The number of ether oxygens (including phenoxy) is 1. The van der Waals surface area contributed by atoms with Crippen LogP contribution in [0.5, 0.6) is 0 Å². The molecule has 0 bridgehead atoms. The second-order valence-electron chi connectivity index (χ2n) is 4.18.